The van der Waals surface area contributed by atoms with Crippen molar-refractivity contribution in [3.05, 3.63) is 82.4 Å². The summed E-state index contributed by atoms with van der Waals surface area (Å²) in [7, 11) is 3.24. The van der Waals surface area contributed by atoms with Gasteiger partial charge < -0.3 is 19.4 Å². The van der Waals surface area contributed by atoms with Crippen molar-refractivity contribution in [1.82, 2.24) is 9.88 Å². The number of hydrogen-bond acceptors (Lipinski definition) is 4. The fraction of sp³-hybridized carbons (Fsp3) is 0.240. The van der Waals surface area contributed by atoms with Gasteiger partial charge in [0.2, 0.25) is 0 Å². The van der Waals surface area contributed by atoms with Crippen molar-refractivity contribution >= 4 is 27.5 Å². The monoisotopic (exact) mass is 434 g/mol. The van der Waals surface area contributed by atoms with Crippen LogP contribution in [0.1, 0.15) is 27.2 Å². The third-order valence-corrected chi connectivity index (χ3v) is 6.42. The summed E-state index contributed by atoms with van der Waals surface area (Å²) in [5.74, 6) is 1.33. The number of nitrogens with one attached hydrogen (secondary N) is 1. The Labute approximate surface area is 186 Å². The number of methoxy groups -OCH3 is 2. The topological polar surface area (TPSA) is 52.5 Å². The maximum absolute atomic E-state index is 13.0. The summed E-state index contributed by atoms with van der Waals surface area (Å²) in [6.07, 6.45) is 0.707. The molecule has 4 rings (SSSR count). The van der Waals surface area contributed by atoms with Crippen LogP contribution in [0.3, 0.4) is 0 Å². The van der Waals surface area contributed by atoms with Crippen molar-refractivity contribution in [2.45, 2.75) is 19.9 Å². The molecule has 0 fully saturated rings. The van der Waals surface area contributed by atoms with Crippen molar-refractivity contribution < 1.29 is 14.3 Å². The molecular formula is C25H26N2O3S. The van der Waals surface area contributed by atoms with Gasteiger partial charge in [-0.2, -0.15) is 0 Å². The Hall–Kier alpha value is -3.25. The van der Waals surface area contributed by atoms with E-state index >= 15 is 0 Å². The molecular weight excluding hydrogens is 408 g/mol. The molecule has 31 heavy (non-hydrogen) atoms. The molecule has 0 saturated carbocycles. The average molecular weight is 435 g/mol. The fourth-order valence-electron chi connectivity index (χ4n) is 3.73. The number of fused-ring (bicyclic) bond motifs is 1. The number of thiophene rings is 1. The Morgan fingerprint density at radius 1 is 1.03 bits per heavy atom. The zero-order valence-corrected chi connectivity index (χ0v) is 18.8. The van der Waals surface area contributed by atoms with Gasteiger partial charge in [0.1, 0.15) is 10.5 Å². The molecule has 2 heterocycles. The summed E-state index contributed by atoms with van der Waals surface area (Å²) in [6, 6.07) is 18.2. The highest BCUT2D eigenvalue weighted by atomic mass is 32.1. The summed E-state index contributed by atoms with van der Waals surface area (Å²) >= 11 is 1.66. The Morgan fingerprint density at radius 2 is 1.84 bits per heavy atom. The number of benzene rings is 2. The number of carbonyl (C=O) groups excluding carboxylic acids is 1. The maximum Gasteiger partial charge on any atom is 0.267 e. The maximum atomic E-state index is 13.0. The van der Waals surface area contributed by atoms with Crippen molar-refractivity contribution in [2.24, 2.45) is 0 Å². The minimum atomic E-state index is -0.0579. The van der Waals surface area contributed by atoms with E-state index in [0.29, 0.717) is 36.7 Å². The zero-order chi connectivity index (χ0) is 21.8. The van der Waals surface area contributed by atoms with Crippen molar-refractivity contribution in [3.63, 3.8) is 0 Å². The van der Waals surface area contributed by atoms with Crippen LogP contribution in [-0.4, -0.2) is 31.2 Å². The van der Waals surface area contributed by atoms with E-state index < -0.39 is 0 Å². The van der Waals surface area contributed by atoms with E-state index in [0.717, 1.165) is 15.8 Å². The third kappa shape index (κ3) is 4.44. The van der Waals surface area contributed by atoms with E-state index in [1.54, 1.807) is 25.6 Å². The van der Waals surface area contributed by atoms with Crippen LogP contribution < -0.4 is 14.8 Å². The Morgan fingerprint density at radius 3 is 2.61 bits per heavy atom. The van der Waals surface area contributed by atoms with E-state index in [4.69, 9.17) is 9.47 Å². The Kier molecular flexibility index (Phi) is 6.28. The number of hydrogen-bond donors (Lipinski definition) is 1. The molecule has 0 bridgehead atoms. The number of ether oxygens (including phenoxy) is 2. The van der Waals surface area contributed by atoms with Gasteiger partial charge in [0.25, 0.3) is 5.91 Å². The van der Waals surface area contributed by atoms with Gasteiger partial charge in [-0.15, -0.1) is 11.3 Å². The second-order valence-electron chi connectivity index (χ2n) is 7.42. The summed E-state index contributed by atoms with van der Waals surface area (Å²) in [5.41, 5.74) is 4.21. The Balaban J connectivity index is 1.49. The molecule has 0 saturated heterocycles. The van der Waals surface area contributed by atoms with Crippen LogP contribution in [0.15, 0.2) is 60.0 Å². The second kappa shape index (κ2) is 9.27. The quantitative estimate of drug-likeness (QED) is 0.422. The molecule has 2 aromatic heterocycles. The van der Waals surface area contributed by atoms with Gasteiger partial charge >= 0.3 is 0 Å². The first-order valence-electron chi connectivity index (χ1n) is 10.2. The van der Waals surface area contributed by atoms with Crippen LogP contribution in [0.2, 0.25) is 0 Å². The number of rotatable bonds is 8. The van der Waals surface area contributed by atoms with Gasteiger partial charge in [0, 0.05) is 18.5 Å². The molecule has 0 unspecified atom stereocenters. The molecule has 0 radical (unpaired) electrons. The molecule has 4 aromatic rings. The highest BCUT2D eigenvalue weighted by molar-refractivity contribution is 7.16. The van der Waals surface area contributed by atoms with Gasteiger partial charge in [0.05, 0.1) is 14.2 Å². The van der Waals surface area contributed by atoms with Gasteiger partial charge in [-0.1, -0.05) is 30.3 Å². The summed E-state index contributed by atoms with van der Waals surface area (Å²) in [4.78, 5) is 14.2. The molecule has 0 spiro atoms. The standard InChI is InChI=1S/C25H26N2O3S/c1-17-6-4-5-7-20(17)16-27-21(15-19-11-13-31-25(19)27)24(28)26-12-10-18-8-9-22(29-2)23(14-18)30-3/h4-9,11,13-15H,10,12,16H2,1-3H3,(H,26,28). The van der Waals surface area contributed by atoms with E-state index in [9.17, 15) is 4.79 Å². The molecule has 1 N–H and O–H groups in total. The minimum absolute atomic E-state index is 0.0579. The third-order valence-electron chi connectivity index (χ3n) is 5.47. The van der Waals surface area contributed by atoms with Crippen LogP contribution in [0.4, 0.5) is 0 Å². The van der Waals surface area contributed by atoms with Crippen LogP contribution in [0.25, 0.3) is 10.2 Å². The molecule has 6 heteroatoms. The van der Waals surface area contributed by atoms with Crippen molar-refractivity contribution in [2.75, 3.05) is 20.8 Å². The summed E-state index contributed by atoms with van der Waals surface area (Å²) in [6.45, 7) is 3.32. The zero-order valence-electron chi connectivity index (χ0n) is 18.0. The molecule has 0 atom stereocenters. The molecule has 0 aliphatic heterocycles. The smallest absolute Gasteiger partial charge is 0.267 e. The van der Waals surface area contributed by atoms with Crippen molar-refractivity contribution in [3.8, 4) is 11.5 Å². The molecule has 2 aromatic carbocycles. The molecule has 0 aliphatic rings. The number of nitrogens with zero attached hydrogens (tertiary/aromatic N) is 1. The molecule has 160 valence electrons. The SMILES string of the molecule is COc1ccc(CCNC(=O)c2cc3ccsc3n2Cc2ccccc2C)cc1OC. The van der Waals surface area contributed by atoms with Gasteiger partial charge in [-0.05, 0) is 59.7 Å². The highest BCUT2D eigenvalue weighted by Gasteiger charge is 2.17. The highest BCUT2D eigenvalue weighted by Crippen LogP contribution is 2.28. The molecule has 0 aliphatic carbocycles. The van der Waals surface area contributed by atoms with Crippen molar-refractivity contribution in [1.29, 1.82) is 0 Å². The van der Waals surface area contributed by atoms with E-state index in [1.165, 1.54) is 11.1 Å². The lowest BCUT2D eigenvalue weighted by molar-refractivity contribution is 0.0946. The lowest BCUT2D eigenvalue weighted by Crippen LogP contribution is -2.28. The van der Waals surface area contributed by atoms with Gasteiger partial charge in [0.15, 0.2) is 11.5 Å². The number of aromatic nitrogens is 1. The predicted molar refractivity (Wildman–Crippen MR) is 126 cm³/mol. The minimum Gasteiger partial charge on any atom is -0.493 e. The molecule has 1 amide bonds. The van der Waals surface area contributed by atoms with E-state index in [-0.39, 0.29) is 5.91 Å². The number of amides is 1. The van der Waals surface area contributed by atoms with Gasteiger partial charge in [-0.25, -0.2) is 0 Å². The summed E-state index contributed by atoms with van der Waals surface area (Å²) < 4.78 is 12.8. The largest absolute Gasteiger partial charge is 0.493 e. The first-order chi connectivity index (χ1) is 15.1. The predicted octanol–water partition coefficient (Wildman–Crippen LogP) is 5.05. The lowest BCUT2D eigenvalue weighted by Gasteiger charge is -2.13. The average Bonchev–Trinajstić information content (AvgIpc) is 3.37. The first kappa shape index (κ1) is 21.0. The Bertz CT molecular complexity index is 1210. The first-order valence-corrected chi connectivity index (χ1v) is 11.1. The second-order valence-corrected chi connectivity index (χ2v) is 8.31. The lowest BCUT2D eigenvalue weighted by atomic mass is 10.1. The normalized spacial score (nSPS) is 10.9. The number of carbonyl (C=O) groups is 1. The fourth-order valence-corrected chi connectivity index (χ4v) is 4.62. The van der Waals surface area contributed by atoms with Gasteiger partial charge in [-0.3, -0.25) is 4.79 Å². The number of aryl methyl sites for hydroxylation is 1. The molecule has 5 nitrogen and oxygen atoms in total. The summed E-state index contributed by atoms with van der Waals surface area (Å²) in [5, 5.41) is 6.25. The van der Waals surface area contributed by atoms with Crippen LogP contribution >= 0.6 is 11.3 Å². The van der Waals surface area contributed by atoms with Crippen LogP contribution in [-0.2, 0) is 13.0 Å². The van der Waals surface area contributed by atoms with E-state index in [2.05, 4.69) is 40.4 Å². The van der Waals surface area contributed by atoms with E-state index in [1.807, 2.05) is 36.4 Å². The van der Waals surface area contributed by atoms with Crippen LogP contribution in [0.5, 0.6) is 11.5 Å². The van der Waals surface area contributed by atoms with Crippen LogP contribution in [0, 0.1) is 6.92 Å².